The molecule has 0 atom stereocenters. The van der Waals surface area contributed by atoms with E-state index in [0.717, 1.165) is 25.9 Å². The third kappa shape index (κ3) is 6.81. The van der Waals surface area contributed by atoms with Gasteiger partial charge in [0, 0.05) is 29.7 Å². The van der Waals surface area contributed by atoms with Crippen LogP contribution in [0.5, 0.6) is 0 Å². The Bertz CT molecular complexity index is 1450. The first-order valence-corrected chi connectivity index (χ1v) is 15.5. The summed E-state index contributed by atoms with van der Waals surface area (Å²) in [6.45, 7) is 3.54. The molecule has 3 aromatic rings. The molecule has 1 amide bonds. The molecule has 8 nitrogen and oxygen atoms in total. The Balaban J connectivity index is 1.28. The summed E-state index contributed by atoms with van der Waals surface area (Å²) in [5.74, 6) is -1.68. The summed E-state index contributed by atoms with van der Waals surface area (Å²) in [4.78, 5) is 23.7. The number of benzene rings is 1. The van der Waals surface area contributed by atoms with E-state index in [-0.39, 0.29) is 23.9 Å². The fraction of sp³-hybridized carbons (Fsp3) is 0.483. The van der Waals surface area contributed by atoms with Gasteiger partial charge in [0.05, 0.1) is 23.2 Å². The average Bonchev–Trinajstić information content (AvgIpc) is 3.62. The van der Waals surface area contributed by atoms with Gasteiger partial charge < -0.3 is 14.2 Å². The highest BCUT2D eigenvalue weighted by Crippen LogP contribution is 2.33. The molecule has 1 aliphatic heterocycles. The largest absolute Gasteiger partial charge is 0.471 e. The Morgan fingerprint density at radius 2 is 1.76 bits per heavy atom. The van der Waals surface area contributed by atoms with Crippen LogP contribution in [0.15, 0.2) is 53.2 Å². The lowest BCUT2D eigenvalue weighted by atomic mass is 9.94. The number of aryl methyl sites for hydroxylation is 1. The van der Waals surface area contributed by atoms with Gasteiger partial charge in [-0.05, 0) is 94.4 Å². The minimum atomic E-state index is -5.06. The van der Waals surface area contributed by atoms with Gasteiger partial charge in [-0.3, -0.25) is 9.78 Å². The first-order chi connectivity index (χ1) is 19.5. The predicted molar refractivity (Wildman–Crippen MR) is 148 cm³/mol. The van der Waals surface area contributed by atoms with Crippen LogP contribution in [-0.4, -0.2) is 59.8 Å². The second-order valence-electron chi connectivity index (χ2n) is 10.8. The molecule has 0 N–H and O–H groups in total. The van der Waals surface area contributed by atoms with Crippen molar-refractivity contribution in [2.75, 3.05) is 18.0 Å². The number of rotatable bonds is 8. The Hall–Kier alpha value is -3.25. The van der Waals surface area contributed by atoms with Gasteiger partial charge in [-0.25, -0.2) is 13.4 Å². The van der Waals surface area contributed by atoms with Gasteiger partial charge >= 0.3 is 12.1 Å². The maximum absolute atomic E-state index is 13.4. The van der Waals surface area contributed by atoms with E-state index < -0.39 is 27.2 Å². The van der Waals surface area contributed by atoms with Crippen molar-refractivity contribution in [2.45, 2.75) is 75.2 Å². The van der Waals surface area contributed by atoms with E-state index in [1.165, 1.54) is 49.5 Å². The van der Waals surface area contributed by atoms with Crippen molar-refractivity contribution in [1.82, 2.24) is 14.9 Å². The van der Waals surface area contributed by atoms with Crippen LogP contribution in [0.3, 0.4) is 0 Å². The number of pyridine rings is 1. The standard InChI is InChI=1S/C29H33F3N4O4S/c1-20-26(19-41(38,39)25-12-10-23(11-13-25)35-15-2-3-16-35)34-27(40-20)22-6-8-24(9-7-22)36(28(37)29(30,31)32)18-21-5-4-14-33-17-21/h4-9,14,17,23,25H,2-3,10-13,15-16,18-19H2,1H3. The fourth-order valence-electron chi connectivity index (χ4n) is 5.76. The van der Waals surface area contributed by atoms with E-state index in [0.29, 0.717) is 46.4 Å². The monoisotopic (exact) mass is 590 g/mol. The summed E-state index contributed by atoms with van der Waals surface area (Å²) in [5, 5.41) is -0.405. The Morgan fingerprint density at radius 1 is 1.07 bits per heavy atom. The van der Waals surface area contributed by atoms with Crippen molar-refractivity contribution in [1.29, 1.82) is 0 Å². The van der Waals surface area contributed by atoms with Crippen molar-refractivity contribution in [3.05, 3.63) is 65.8 Å². The van der Waals surface area contributed by atoms with Crippen LogP contribution in [-0.2, 0) is 26.9 Å². The molecule has 220 valence electrons. The summed E-state index contributed by atoms with van der Waals surface area (Å²) in [7, 11) is -3.44. The van der Waals surface area contributed by atoms with Gasteiger partial charge in [0.1, 0.15) is 5.76 Å². The Labute approximate surface area is 237 Å². The van der Waals surface area contributed by atoms with Crippen molar-refractivity contribution in [3.8, 4) is 11.5 Å². The third-order valence-electron chi connectivity index (χ3n) is 8.02. The summed E-state index contributed by atoms with van der Waals surface area (Å²) in [5.41, 5.74) is 1.26. The number of anilines is 1. The topological polar surface area (TPSA) is 96.6 Å². The lowest BCUT2D eigenvalue weighted by Gasteiger charge is -2.34. The van der Waals surface area contributed by atoms with Crippen LogP contribution in [0.2, 0.25) is 0 Å². The van der Waals surface area contributed by atoms with Crippen LogP contribution < -0.4 is 4.90 Å². The lowest BCUT2D eigenvalue weighted by Crippen LogP contribution is -2.40. The molecule has 5 rings (SSSR count). The molecule has 2 aliphatic rings. The normalized spacial score (nSPS) is 20.3. The number of hydrogen-bond donors (Lipinski definition) is 0. The number of nitrogens with zero attached hydrogens (tertiary/aromatic N) is 4. The van der Waals surface area contributed by atoms with Gasteiger partial charge in [0.15, 0.2) is 9.84 Å². The van der Waals surface area contributed by atoms with Crippen molar-refractivity contribution in [2.24, 2.45) is 0 Å². The van der Waals surface area contributed by atoms with E-state index >= 15 is 0 Å². The van der Waals surface area contributed by atoms with Crippen LogP contribution in [0.1, 0.15) is 55.5 Å². The molecule has 1 saturated carbocycles. The van der Waals surface area contributed by atoms with Crippen LogP contribution in [0, 0.1) is 6.92 Å². The SMILES string of the molecule is Cc1oc(-c2ccc(N(Cc3cccnc3)C(=O)C(F)(F)F)cc2)nc1CS(=O)(=O)C1CCC(N2CCCC2)CC1. The van der Waals surface area contributed by atoms with E-state index in [2.05, 4.69) is 14.9 Å². The predicted octanol–water partition coefficient (Wildman–Crippen LogP) is 5.46. The minimum absolute atomic E-state index is 0.0375. The Kier molecular flexibility index (Phi) is 8.51. The first kappa shape index (κ1) is 29.2. The van der Waals surface area contributed by atoms with Crippen LogP contribution in [0.25, 0.3) is 11.5 Å². The lowest BCUT2D eigenvalue weighted by molar-refractivity contribution is -0.170. The first-order valence-electron chi connectivity index (χ1n) is 13.8. The van der Waals surface area contributed by atoms with Gasteiger partial charge in [-0.1, -0.05) is 6.07 Å². The van der Waals surface area contributed by atoms with Crippen molar-refractivity contribution < 1.29 is 30.8 Å². The number of hydrogen-bond acceptors (Lipinski definition) is 7. The molecule has 3 heterocycles. The van der Waals surface area contributed by atoms with E-state index in [9.17, 15) is 26.4 Å². The highest BCUT2D eigenvalue weighted by molar-refractivity contribution is 7.91. The number of oxazole rings is 1. The quantitative estimate of drug-likeness (QED) is 0.344. The molecule has 0 radical (unpaired) electrons. The molecule has 1 saturated heterocycles. The third-order valence-corrected chi connectivity index (χ3v) is 10.2. The number of aromatic nitrogens is 2. The number of alkyl halides is 3. The molecule has 12 heteroatoms. The van der Waals surface area contributed by atoms with Crippen LogP contribution in [0.4, 0.5) is 18.9 Å². The Morgan fingerprint density at radius 3 is 2.37 bits per heavy atom. The molecule has 2 fully saturated rings. The molecule has 0 unspecified atom stereocenters. The summed E-state index contributed by atoms with van der Waals surface area (Å²) in [6, 6.07) is 9.39. The highest BCUT2D eigenvalue weighted by Gasteiger charge is 2.43. The maximum Gasteiger partial charge on any atom is 0.471 e. The summed E-state index contributed by atoms with van der Waals surface area (Å²) in [6.07, 6.45) is 3.30. The second kappa shape index (κ2) is 11.9. The van der Waals surface area contributed by atoms with E-state index in [4.69, 9.17) is 4.42 Å². The van der Waals surface area contributed by atoms with Gasteiger partial charge in [-0.15, -0.1) is 0 Å². The molecule has 41 heavy (non-hydrogen) atoms. The fourth-order valence-corrected chi connectivity index (χ4v) is 7.64. The minimum Gasteiger partial charge on any atom is -0.441 e. The number of carbonyl (C=O) groups excluding carboxylic acids is 1. The summed E-state index contributed by atoms with van der Waals surface area (Å²) < 4.78 is 72.4. The van der Waals surface area contributed by atoms with Gasteiger partial charge in [0.2, 0.25) is 5.89 Å². The van der Waals surface area contributed by atoms with Crippen molar-refractivity contribution in [3.63, 3.8) is 0 Å². The number of likely N-dealkylation sites (tertiary alicyclic amines) is 1. The average molecular weight is 591 g/mol. The second-order valence-corrected chi connectivity index (χ2v) is 13.1. The molecule has 2 aromatic heterocycles. The number of halogens is 3. The molecule has 1 aliphatic carbocycles. The zero-order valence-corrected chi connectivity index (χ0v) is 23.6. The smallest absolute Gasteiger partial charge is 0.441 e. The molecule has 1 aromatic carbocycles. The zero-order valence-electron chi connectivity index (χ0n) is 22.8. The summed E-state index contributed by atoms with van der Waals surface area (Å²) >= 11 is 0. The molecular formula is C29H33F3N4O4S. The van der Waals surface area contributed by atoms with E-state index in [1.807, 2.05) is 0 Å². The number of sulfone groups is 1. The van der Waals surface area contributed by atoms with Crippen molar-refractivity contribution >= 4 is 21.4 Å². The molecule has 0 bridgehead atoms. The van der Waals surface area contributed by atoms with Gasteiger partial charge in [0.25, 0.3) is 0 Å². The molecular weight excluding hydrogens is 557 g/mol. The molecule has 0 spiro atoms. The highest BCUT2D eigenvalue weighted by atomic mass is 32.2. The number of amides is 1. The van der Waals surface area contributed by atoms with E-state index in [1.54, 1.807) is 19.1 Å². The zero-order chi connectivity index (χ0) is 29.2. The maximum atomic E-state index is 13.4. The number of carbonyl (C=O) groups is 1. The van der Waals surface area contributed by atoms with Crippen LogP contribution >= 0.6 is 0 Å². The van der Waals surface area contributed by atoms with Gasteiger partial charge in [-0.2, -0.15) is 13.2 Å².